The van der Waals surface area contributed by atoms with Crippen LogP contribution in [-0.2, 0) is 6.42 Å². The number of benzene rings is 1. The van der Waals surface area contributed by atoms with Crippen molar-refractivity contribution < 1.29 is 0 Å². The van der Waals surface area contributed by atoms with Crippen LogP contribution >= 0.6 is 0 Å². The van der Waals surface area contributed by atoms with Gasteiger partial charge in [0.2, 0.25) is 0 Å². The van der Waals surface area contributed by atoms with Gasteiger partial charge in [-0.3, -0.25) is 0 Å². The Morgan fingerprint density at radius 1 is 1.20 bits per heavy atom. The van der Waals surface area contributed by atoms with Crippen LogP contribution in [0.3, 0.4) is 0 Å². The lowest BCUT2D eigenvalue weighted by Crippen LogP contribution is -2.52. The maximum atomic E-state index is 3.55. The van der Waals surface area contributed by atoms with Crippen LogP contribution in [-0.4, -0.2) is 62.7 Å². The van der Waals surface area contributed by atoms with E-state index in [1.54, 1.807) is 0 Å². The molecule has 3 nitrogen and oxygen atoms in total. The Labute approximate surface area is 124 Å². The molecule has 2 rings (SSSR count). The van der Waals surface area contributed by atoms with Gasteiger partial charge in [-0.25, -0.2) is 0 Å². The van der Waals surface area contributed by atoms with Crippen LogP contribution in [0.1, 0.15) is 17.5 Å². The Morgan fingerprint density at radius 3 is 2.55 bits per heavy atom. The zero-order chi connectivity index (χ0) is 14.5. The first-order valence-corrected chi connectivity index (χ1v) is 7.71. The molecule has 1 saturated heterocycles. The van der Waals surface area contributed by atoms with Crippen LogP contribution in [0.25, 0.3) is 0 Å². The summed E-state index contributed by atoms with van der Waals surface area (Å²) in [5.74, 6) is 0. The fourth-order valence-electron chi connectivity index (χ4n) is 3.15. The highest BCUT2D eigenvalue weighted by Gasteiger charge is 2.27. The van der Waals surface area contributed by atoms with Crippen molar-refractivity contribution in [2.45, 2.75) is 31.8 Å². The number of hydrogen-bond acceptors (Lipinski definition) is 3. The maximum absolute atomic E-state index is 3.55. The summed E-state index contributed by atoms with van der Waals surface area (Å²) in [6.07, 6.45) is 2.37. The minimum absolute atomic E-state index is 0.503. The van der Waals surface area contributed by atoms with Gasteiger partial charge in [0.15, 0.2) is 0 Å². The molecule has 20 heavy (non-hydrogen) atoms. The zero-order valence-corrected chi connectivity index (χ0v) is 13.4. The predicted octanol–water partition coefficient (Wildman–Crippen LogP) is 1.76. The van der Waals surface area contributed by atoms with Gasteiger partial charge >= 0.3 is 0 Å². The van der Waals surface area contributed by atoms with Gasteiger partial charge in [0.25, 0.3) is 0 Å². The monoisotopic (exact) mass is 275 g/mol. The van der Waals surface area contributed by atoms with E-state index in [9.17, 15) is 0 Å². The van der Waals surface area contributed by atoms with Crippen molar-refractivity contribution in [3.05, 3.63) is 35.4 Å². The maximum Gasteiger partial charge on any atom is 0.0376 e. The molecular weight excluding hydrogens is 246 g/mol. The second-order valence-electron chi connectivity index (χ2n) is 6.25. The van der Waals surface area contributed by atoms with Gasteiger partial charge in [0.1, 0.15) is 0 Å². The van der Waals surface area contributed by atoms with E-state index < -0.39 is 0 Å². The molecule has 0 amide bonds. The highest BCUT2D eigenvalue weighted by molar-refractivity contribution is 5.22. The van der Waals surface area contributed by atoms with E-state index in [4.69, 9.17) is 0 Å². The van der Waals surface area contributed by atoms with Gasteiger partial charge < -0.3 is 15.1 Å². The molecule has 0 aliphatic carbocycles. The van der Waals surface area contributed by atoms with Crippen LogP contribution < -0.4 is 5.32 Å². The topological polar surface area (TPSA) is 18.5 Å². The minimum Gasteiger partial charge on any atom is -0.315 e. The Morgan fingerprint density at radius 2 is 1.90 bits per heavy atom. The van der Waals surface area contributed by atoms with Crippen molar-refractivity contribution in [1.82, 2.24) is 15.1 Å². The lowest BCUT2D eigenvalue weighted by molar-refractivity contribution is 0.181. The summed E-state index contributed by atoms with van der Waals surface area (Å²) in [5.41, 5.74) is 2.76. The molecule has 1 aliphatic rings. The molecule has 112 valence electrons. The molecular formula is C17H29N3. The van der Waals surface area contributed by atoms with E-state index in [0.29, 0.717) is 12.1 Å². The van der Waals surface area contributed by atoms with Crippen molar-refractivity contribution >= 4 is 0 Å². The third-order valence-electron chi connectivity index (χ3n) is 4.53. The second kappa shape index (κ2) is 7.21. The third kappa shape index (κ3) is 4.05. The Hall–Kier alpha value is -0.900. The van der Waals surface area contributed by atoms with Crippen molar-refractivity contribution in [2.75, 3.05) is 40.8 Å². The fraction of sp³-hybridized carbons (Fsp3) is 0.647. The lowest BCUT2D eigenvalue weighted by Gasteiger charge is -2.34. The van der Waals surface area contributed by atoms with E-state index in [0.717, 1.165) is 13.0 Å². The van der Waals surface area contributed by atoms with Gasteiger partial charge in [-0.2, -0.15) is 0 Å². The molecule has 2 atom stereocenters. The van der Waals surface area contributed by atoms with Crippen LogP contribution in [0.5, 0.6) is 0 Å². The van der Waals surface area contributed by atoms with E-state index in [2.05, 4.69) is 67.4 Å². The number of nitrogens with zero attached hydrogens (tertiary/aromatic N) is 2. The minimum atomic E-state index is 0.503. The smallest absolute Gasteiger partial charge is 0.0376 e. The Bertz CT molecular complexity index is 401. The Kier molecular flexibility index (Phi) is 5.58. The van der Waals surface area contributed by atoms with Crippen molar-refractivity contribution in [2.24, 2.45) is 0 Å². The molecule has 1 heterocycles. The molecule has 0 aromatic heterocycles. The van der Waals surface area contributed by atoms with Crippen molar-refractivity contribution in [3.8, 4) is 0 Å². The number of likely N-dealkylation sites (N-methyl/N-ethyl adjacent to an activating group) is 3. The first-order chi connectivity index (χ1) is 9.60. The molecule has 2 unspecified atom stereocenters. The molecule has 1 aromatic rings. The summed E-state index contributed by atoms with van der Waals surface area (Å²) >= 11 is 0. The van der Waals surface area contributed by atoms with Gasteiger partial charge in [-0.05, 0) is 59.6 Å². The highest BCUT2D eigenvalue weighted by Crippen LogP contribution is 2.15. The molecule has 0 saturated carbocycles. The van der Waals surface area contributed by atoms with Crippen molar-refractivity contribution in [3.63, 3.8) is 0 Å². The largest absolute Gasteiger partial charge is 0.315 e. The predicted molar refractivity (Wildman–Crippen MR) is 86.3 cm³/mol. The summed E-state index contributed by atoms with van der Waals surface area (Å²) in [6.45, 7) is 5.70. The van der Waals surface area contributed by atoms with Crippen LogP contribution in [0.15, 0.2) is 24.3 Å². The SMILES string of the molecule is CNC(Cc1ccc(C)cc1)C1CN(C)CCCN1C. The lowest BCUT2D eigenvalue weighted by atomic mass is 9.97. The van der Waals surface area contributed by atoms with Crippen LogP contribution in [0.2, 0.25) is 0 Å². The molecule has 0 radical (unpaired) electrons. The summed E-state index contributed by atoms with van der Waals surface area (Å²) < 4.78 is 0. The first kappa shape index (κ1) is 15.5. The van der Waals surface area contributed by atoms with Gasteiger partial charge in [-0.15, -0.1) is 0 Å². The van der Waals surface area contributed by atoms with E-state index in [-0.39, 0.29) is 0 Å². The number of rotatable bonds is 4. The highest BCUT2D eigenvalue weighted by atomic mass is 15.2. The van der Waals surface area contributed by atoms with Gasteiger partial charge in [0.05, 0.1) is 0 Å². The summed E-state index contributed by atoms with van der Waals surface area (Å²) in [6, 6.07) is 10.0. The van der Waals surface area contributed by atoms with Gasteiger partial charge in [-0.1, -0.05) is 29.8 Å². The van der Waals surface area contributed by atoms with Gasteiger partial charge in [0, 0.05) is 18.6 Å². The second-order valence-corrected chi connectivity index (χ2v) is 6.25. The van der Waals surface area contributed by atoms with Crippen LogP contribution in [0.4, 0.5) is 0 Å². The average molecular weight is 275 g/mol. The number of hydrogen-bond donors (Lipinski definition) is 1. The van der Waals surface area contributed by atoms with E-state index >= 15 is 0 Å². The summed E-state index contributed by atoms with van der Waals surface area (Å²) in [7, 11) is 6.60. The van der Waals surface area contributed by atoms with E-state index in [1.807, 2.05) is 0 Å². The molecule has 1 N–H and O–H groups in total. The normalized spacial score (nSPS) is 23.5. The molecule has 0 bridgehead atoms. The fourth-order valence-corrected chi connectivity index (χ4v) is 3.15. The Balaban J connectivity index is 2.07. The summed E-state index contributed by atoms with van der Waals surface area (Å²) in [4.78, 5) is 4.99. The van der Waals surface area contributed by atoms with E-state index in [1.165, 1.54) is 30.6 Å². The first-order valence-electron chi connectivity index (χ1n) is 7.71. The molecule has 3 heteroatoms. The van der Waals surface area contributed by atoms with Crippen molar-refractivity contribution in [1.29, 1.82) is 0 Å². The average Bonchev–Trinajstić information content (AvgIpc) is 2.60. The molecule has 1 aliphatic heterocycles. The molecule has 0 spiro atoms. The van der Waals surface area contributed by atoms with Crippen LogP contribution in [0, 0.1) is 6.92 Å². The third-order valence-corrected chi connectivity index (χ3v) is 4.53. The molecule has 1 fully saturated rings. The zero-order valence-electron chi connectivity index (χ0n) is 13.4. The number of nitrogens with one attached hydrogen (secondary N) is 1. The summed E-state index contributed by atoms with van der Waals surface area (Å²) in [5, 5.41) is 3.55. The quantitative estimate of drug-likeness (QED) is 0.903. The molecule has 1 aromatic carbocycles. The standard InChI is InChI=1S/C17H29N3/c1-14-6-8-15(9-7-14)12-16(18-2)17-13-19(3)10-5-11-20(17)4/h6-9,16-18H,5,10-13H2,1-4H3. The number of aryl methyl sites for hydroxylation is 1.